The Bertz CT molecular complexity index is 565. The van der Waals surface area contributed by atoms with Gasteiger partial charge in [0, 0.05) is 25.2 Å². The maximum absolute atomic E-state index is 12.7. The fourth-order valence-corrected chi connectivity index (χ4v) is 4.28. The Labute approximate surface area is 120 Å². The van der Waals surface area contributed by atoms with Crippen molar-refractivity contribution in [2.75, 3.05) is 27.2 Å². The van der Waals surface area contributed by atoms with Gasteiger partial charge in [-0.1, -0.05) is 0 Å². The molecule has 2 heterocycles. The van der Waals surface area contributed by atoms with Gasteiger partial charge in [0.05, 0.1) is 6.54 Å². The van der Waals surface area contributed by atoms with E-state index in [1.54, 1.807) is 17.3 Å². The number of likely N-dealkylation sites (N-methyl/N-ethyl adjacent to an activating group) is 1. The van der Waals surface area contributed by atoms with Crippen LogP contribution in [0.25, 0.3) is 0 Å². The monoisotopic (exact) mass is 301 g/mol. The van der Waals surface area contributed by atoms with Gasteiger partial charge in [-0.2, -0.15) is 4.31 Å². The number of aryl methyl sites for hydroxylation is 1. The maximum Gasteiger partial charge on any atom is 0.246 e. The van der Waals surface area contributed by atoms with E-state index in [0.29, 0.717) is 24.6 Å². The van der Waals surface area contributed by atoms with E-state index < -0.39 is 10.0 Å². The molecule has 1 aliphatic heterocycles. The number of nitrogens with two attached hydrogens (primary N) is 1. The summed E-state index contributed by atoms with van der Waals surface area (Å²) in [5, 5.41) is 0. The molecule has 0 amide bonds. The van der Waals surface area contributed by atoms with Crippen molar-refractivity contribution < 1.29 is 12.8 Å². The van der Waals surface area contributed by atoms with Crippen LogP contribution in [0.15, 0.2) is 15.4 Å². The number of rotatable bonds is 4. The largest absolute Gasteiger partial charge is 0.464 e. The van der Waals surface area contributed by atoms with Crippen molar-refractivity contribution in [1.82, 2.24) is 9.21 Å². The van der Waals surface area contributed by atoms with Crippen LogP contribution >= 0.6 is 0 Å². The molecule has 20 heavy (non-hydrogen) atoms. The summed E-state index contributed by atoms with van der Waals surface area (Å²) in [4.78, 5) is 2.33. The van der Waals surface area contributed by atoms with Gasteiger partial charge in [0.15, 0.2) is 0 Å². The Morgan fingerprint density at radius 3 is 2.75 bits per heavy atom. The Balaban J connectivity index is 2.27. The SMILES string of the molecule is Cc1oc(CN)cc1S(=O)(=O)N1CCCC(N(C)C)C1. The quantitative estimate of drug-likeness (QED) is 0.888. The van der Waals surface area contributed by atoms with E-state index in [9.17, 15) is 8.42 Å². The molecule has 0 aromatic carbocycles. The van der Waals surface area contributed by atoms with E-state index >= 15 is 0 Å². The molecule has 1 aromatic rings. The summed E-state index contributed by atoms with van der Waals surface area (Å²) in [7, 11) is 0.474. The number of hydrogen-bond acceptors (Lipinski definition) is 5. The van der Waals surface area contributed by atoms with Crippen molar-refractivity contribution in [1.29, 1.82) is 0 Å². The van der Waals surface area contributed by atoms with E-state index in [1.807, 2.05) is 14.1 Å². The summed E-state index contributed by atoms with van der Waals surface area (Å²) in [5.41, 5.74) is 5.51. The molecule has 1 atom stereocenters. The van der Waals surface area contributed by atoms with Crippen LogP contribution in [0.1, 0.15) is 24.4 Å². The standard InChI is InChI=1S/C13H23N3O3S/c1-10-13(7-12(8-14)19-10)20(17,18)16-6-4-5-11(9-16)15(2)3/h7,11H,4-6,8-9,14H2,1-3H3. The molecule has 0 aliphatic carbocycles. The minimum Gasteiger partial charge on any atom is -0.464 e. The van der Waals surface area contributed by atoms with Crippen molar-refractivity contribution >= 4 is 10.0 Å². The first-order chi connectivity index (χ1) is 9.36. The first kappa shape index (κ1) is 15.5. The third-order valence-corrected chi connectivity index (χ3v) is 5.80. The molecule has 1 aliphatic rings. The van der Waals surface area contributed by atoms with Gasteiger partial charge in [0.25, 0.3) is 0 Å². The molecular formula is C13H23N3O3S. The van der Waals surface area contributed by atoms with Crippen molar-refractivity contribution in [3.63, 3.8) is 0 Å². The van der Waals surface area contributed by atoms with E-state index in [-0.39, 0.29) is 17.5 Å². The maximum atomic E-state index is 12.7. The Morgan fingerprint density at radius 1 is 1.50 bits per heavy atom. The van der Waals surface area contributed by atoms with Gasteiger partial charge in [-0.25, -0.2) is 8.42 Å². The van der Waals surface area contributed by atoms with Gasteiger partial charge in [-0.05, 0) is 33.9 Å². The molecule has 1 saturated heterocycles. The van der Waals surface area contributed by atoms with E-state index in [4.69, 9.17) is 10.2 Å². The second-order valence-corrected chi connectivity index (χ2v) is 7.37. The van der Waals surface area contributed by atoms with Crippen molar-refractivity contribution in [3.05, 3.63) is 17.6 Å². The fraction of sp³-hybridized carbons (Fsp3) is 0.692. The first-order valence-corrected chi connectivity index (χ1v) is 8.26. The summed E-state index contributed by atoms with van der Waals surface area (Å²) in [6, 6.07) is 1.81. The zero-order chi connectivity index (χ0) is 14.9. The van der Waals surface area contributed by atoms with Gasteiger partial charge in [0.1, 0.15) is 16.4 Å². The van der Waals surface area contributed by atoms with Crippen LogP contribution < -0.4 is 5.73 Å². The third-order valence-electron chi connectivity index (χ3n) is 3.83. The second kappa shape index (κ2) is 5.85. The van der Waals surface area contributed by atoms with Crippen molar-refractivity contribution in [2.45, 2.75) is 37.2 Å². The highest BCUT2D eigenvalue weighted by Gasteiger charge is 2.33. The summed E-state index contributed by atoms with van der Waals surface area (Å²) in [6.45, 7) is 2.96. The number of nitrogens with zero attached hydrogens (tertiary/aromatic N) is 2. The summed E-state index contributed by atoms with van der Waals surface area (Å²) >= 11 is 0. The van der Waals surface area contributed by atoms with E-state index in [2.05, 4.69) is 4.90 Å². The lowest BCUT2D eigenvalue weighted by Crippen LogP contribution is -2.47. The van der Waals surface area contributed by atoms with Crippen LogP contribution in [0.5, 0.6) is 0 Å². The smallest absolute Gasteiger partial charge is 0.246 e. The average molecular weight is 301 g/mol. The number of sulfonamides is 1. The predicted molar refractivity (Wildman–Crippen MR) is 76.8 cm³/mol. The number of hydrogen-bond donors (Lipinski definition) is 1. The highest BCUT2D eigenvalue weighted by atomic mass is 32.2. The Hall–Kier alpha value is -0.890. The van der Waals surface area contributed by atoms with Crippen LogP contribution in [0.3, 0.4) is 0 Å². The number of furan rings is 1. The Kier molecular flexibility index (Phi) is 4.53. The van der Waals surface area contributed by atoms with Crippen molar-refractivity contribution in [2.24, 2.45) is 5.73 Å². The summed E-state index contributed by atoms with van der Waals surface area (Å²) in [5.74, 6) is 0.916. The molecule has 1 unspecified atom stereocenters. The molecule has 0 radical (unpaired) electrons. The second-order valence-electron chi connectivity index (χ2n) is 5.46. The topological polar surface area (TPSA) is 79.8 Å². The van der Waals surface area contributed by atoms with Crippen LogP contribution in [-0.2, 0) is 16.6 Å². The molecule has 7 heteroatoms. The van der Waals surface area contributed by atoms with E-state index in [1.165, 1.54) is 0 Å². The molecular weight excluding hydrogens is 278 g/mol. The normalized spacial score (nSPS) is 21.6. The highest BCUT2D eigenvalue weighted by molar-refractivity contribution is 7.89. The average Bonchev–Trinajstić information content (AvgIpc) is 2.81. The lowest BCUT2D eigenvalue weighted by molar-refractivity contribution is 0.190. The zero-order valence-electron chi connectivity index (χ0n) is 12.3. The van der Waals surface area contributed by atoms with Gasteiger partial charge >= 0.3 is 0 Å². The third kappa shape index (κ3) is 2.90. The Morgan fingerprint density at radius 2 is 2.20 bits per heavy atom. The molecule has 114 valence electrons. The minimum atomic E-state index is -3.49. The van der Waals surface area contributed by atoms with Gasteiger partial charge in [-0.15, -0.1) is 0 Å². The molecule has 0 saturated carbocycles. The number of piperidine rings is 1. The van der Waals surface area contributed by atoms with Crippen LogP contribution in [0.4, 0.5) is 0 Å². The van der Waals surface area contributed by atoms with Crippen LogP contribution in [0.2, 0.25) is 0 Å². The molecule has 2 rings (SSSR count). The van der Waals surface area contributed by atoms with Gasteiger partial charge in [-0.3, -0.25) is 0 Å². The molecule has 0 bridgehead atoms. The lowest BCUT2D eigenvalue weighted by atomic mass is 10.1. The predicted octanol–water partition coefficient (Wildman–Crippen LogP) is 0.761. The van der Waals surface area contributed by atoms with Crippen LogP contribution in [-0.4, -0.2) is 50.8 Å². The fourth-order valence-electron chi connectivity index (χ4n) is 2.58. The van der Waals surface area contributed by atoms with Gasteiger partial charge in [0.2, 0.25) is 10.0 Å². The highest BCUT2D eigenvalue weighted by Crippen LogP contribution is 2.26. The lowest BCUT2D eigenvalue weighted by Gasteiger charge is -2.35. The van der Waals surface area contributed by atoms with Crippen LogP contribution in [0, 0.1) is 6.92 Å². The van der Waals surface area contributed by atoms with Crippen molar-refractivity contribution in [3.8, 4) is 0 Å². The molecule has 0 spiro atoms. The molecule has 1 aromatic heterocycles. The molecule has 6 nitrogen and oxygen atoms in total. The van der Waals surface area contributed by atoms with Gasteiger partial charge < -0.3 is 15.1 Å². The molecule has 2 N–H and O–H groups in total. The summed E-state index contributed by atoms with van der Waals surface area (Å²) in [6.07, 6.45) is 1.90. The zero-order valence-corrected chi connectivity index (χ0v) is 13.1. The van der Waals surface area contributed by atoms with E-state index in [0.717, 1.165) is 12.8 Å². The first-order valence-electron chi connectivity index (χ1n) is 6.82. The molecule has 1 fully saturated rings. The summed E-state index contributed by atoms with van der Waals surface area (Å²) < 4.78 is 32.4. The minimum absolute atomic E-state index is 0.205.